The Labute approximate surface area is 154 Å². The van der Waals surface area contributed by atoms with Gasteiger partial charge in [-0.1, -0.05) is 42.0 Å². The van der Waals surface area contributed by atoms with E-state index in [9.17, 15) is 14.4 Å². The van der Waals surface area contributed by atoms with Gasteiger partial charge in [0.2, 0.25) is 11.8 Å². The first kappa shape index (κ1) is 19.4. The lowest BCUT2D eigenvalue weighted by atomic mass is 10.1. The average molecular weight is 352 g/mol. The molecule has 0 bridgehead atoms. The van der Waals surface area contributed by atoms with Gasteiger partial charge in [0.1, 0.15) is 0 Å². The molecule has 0 saturated heterocycles. The van der Waals surface area contributed by atoms with Crippen molar-refractivity contribution in [2.24, 2.45) is 0 Å². The number of carbonyl (C=O) groups is 3. The summed E-state index contributed by atoms with van der Waals surface area (Å²) in [5.41, 5.74) is 3.31. The van der Waals surface area contributed by atoms with Crippen LogP contribution in [0.2, 0.25) is 0 Å². The third-order valence-electron chi connectivity index (χ3n) is 4.09. The first-order valence-corrected chi connectivity index (χ1v) is 8.58. The highest BCUT2D eigenvalue weighted by molar-refractivity contribution is 5.97. The van der Waals surface area contributed by atoms with E-state index in [0.29, 0.717) is 30.8 Å². The number of aryl methyl sites for hydroxylation is 1. The van der Waals surface area contributed by atoms with Crippen molar-refractivity contribution in [3.05, 3.63) is 65.2 Å². The zero-order valence-corrected chi connectivity index (χ0v) is 15.4. The van der Waals surface area contributed by atoms with Gasteiger partial charge in [-0.15, -0.1) is 0 Å². The van der Waals surface area contributed by atoms with Gasteiger partial charge in [-0.3, -0.25) is 14.4 Å². The van der Waals surface area contributed by atoms with Crippen molar-refractivity contribution < 1.29 is 14.4 Å². The SMILES string of the molecule is CC(=O)c1cccc(N(CCNC(=O)Cc2ccc(C)cc2)C(C)=O)c1. The lowest BCUT2D eigenvalue weighted by molar-refractivity contribution is -0.121. The summed E-state index contributed by atoms with van der Waals surface area (Å²) in [5, 5.41) is 2.84. The number of amides is 2. The van der Waals surface area contributed by atoms with Gasteiger partial charge in [-0.05, 0) is 31.5 Å². The maximum absolute atomic E-state index is 12.1. The van der Waals surface area contributed by atoms with Gasteiger partial charge < -0.3 is 10.2 Å². The minimum Gasteiger partial charge on any atom is -0.354 e. The number of ketones is 1. The Morgan fingerprint density at radius 3 is 2.31 bits per heavy atom. The normalized spacial score (nSPS) is 10.3. The molecule has 0 aliphatic heterocycles. The lowest BCUT2D eigenvalue weighted by Gasteiger charge is -2.22. The minimum atomic E-state index is -0.140. The Balaban J connectivity index is 1.93. The maximum Gasteiger partial charge on any atom is 0.224 e. The van der Waals surface area contributed by atoms with Crippen molar-refractivity contribution in [1.29, 1.82) is 0 Å². The molecule has 0 aliphatic rings. The van der Waals surface area contributed by atoms with Crippen LogP contribution in [-0.4, -0.2) is 30.7 Å². The molecule has 0 saturated carbocycles. The molecule has 0 unspecified atom stereocenters. The molecule has 0 radical (unpaired) electrons. The fourth-order valence-corrected chi connectivity index (χ4v) is 2.62. The molecular weight excluding hydrogens is 328 g/mol. The van der Waals surface area contributed by atoms with Crippen molar-refractivity contribution in [2.45, 2.75) is 27.2 Å². The Kier molecular flexibility index (Phi) is 6.67. The predicted octanol–water partition coefficient (Wildman–Crippen LogP) is 2.91. The molecule has 0 heterocycles. The van der Waals surface area contributed by atoms with E-state index in [4.69, 9.17) is 0 Å². The van der Waals surface area contributed by atoms with Crippen LogP contribution in [0.4, 0.5) is 5.69 Å². The van der Waals surface area contributed by atoms with Gasteiger partial charge in [-0.25, -0.2) is 0 Å². The number of nitrogens with one attached hydrogen (secondary N) is 1. The topological polar surface area (TPSA) is 66.5 Å². The number of nitrogens with zero attached hydrogens (tertiary/aromatic N) is 1. The molecule has 2 rings (SSSR count). The lowest BCUT2D eigenvalue weighted by Crippen LogP contribution is -2.38. The molecule has 0 fully saturated rings. The van der Waals surface area contributed by atoms with Gasteiger partial charge in [0.15, 0.2) is 5.78 Å². The highest BCUT2D eigenvalue weighted by Crippen LogP contribution is 2.16. The van der Waals surface area contributed by atoms with E-state index >= 15 is 0 Å². The number of hydrogen-bond acceptors (Lipinski definition) is 3. The number of hydrogen-bond donors (Lipinski definition) is 1. The zero-order chi connectivity index (χ0) is 19.1. The smallest absolute Gasteiger partial charge is 0.224 e. The number of anilines is 1. The largest absolute Gasteiger partial charge is 0.354 e. The standard InChI is InChI=1S/C21H24N2O3/c1-15-7-9-18(10-8-15)13-21(26)22-11-12-23(17(3)25)20-6-4-5-19(14-20)16(2)24/h4-10,14H,11-13H2,1-3H3,(H,22,26). The Hall–Kier alpha value is -2.95. The van der Waals surface area contributed by atoms with Crippen molar-refractivity contribution in [2.75, 3.05) is 18.0 Å². The highest BCUT2D eigenvalue weighted by atomic mass is 16.2. The molecule has 1 N–H and O–H groups in total. The van der Waals surface area contributed by atoms with Crippen LogP contribution in [0.25, 0.3) is 0 Å². The van der Waals surface area contributed by atoms with Crippen LogP contribution in [0.1, 0.15) is 35.3 Å². The van der Waals surface area contributed by atoms with Crippen LogP contribution in [0.3, 0.4) is 0 Å². The van der Waals surface area contributed by atoms with E-state index in [1.165, 1.54) is 13.8 Å². The molecule has 2 aromatic carbocycles. The second-order valence-electron chi connectivity index (χ2n) is 6.29. The number of Topliss-reactive ketones (excluding diaryl/α,β-unsaturated/α-hetero) is 1. The van der Waals surface area contributed by atoms with Gasteiger partial charge in [-0.2, -0.15) is 0 Å². The van der Waals surface area contributed by atoms with Crippen LogP contribution >= 0.6 is 0 Å². The molecular formula is C21H24N2O3. The number of carbonyl (C=O) groups excluding carboxylic acids is 3. The summed E-state index contributed by atoms with van der Waals surface area (Å²) >= 11 is 0. The van der Waals surface area contributed by atoms with E-state index in [2.05, 4.69) is 5.32 Å². The van der Waals surface area contributed by atoms with Crippen LogP contribution in [-0.2, 0) is 16.0 Å². The summed E-state index contributed by atoms with van der Waals surface area (Å²) in [7, 11) is 0. The maximum atomic E-state index is 12.1. The van der Waals surface area contributed by atoms with E-state index in [0.717, 1.165) is 11.1 Å². The molecule has 2 aromatic rings. The molecule has 136 valence electrons. The van der Waals surface area contributed by atoms with Crippen molar-refractivity contribution in [3.8, 4) is 0 Å². The molecule has 2 amide bonds. The van der Waals surface area contributed by atoms with Gasteiger partial charge in [0.25, 0.3) is 0 Å². The van der Waals surface area contributed by atoms with Crippen LogP contribution in [0.5, 0.6) is 0 Å². The summed E-state index contributed by atoms with van der Waals surface area (Å²) < 4.78 is 0. The van der Waals surface area contributed by atoms with E-state index in [1.54, 1.807) is 29.2 Å². The van der Waals surface area contributed by atoms with Gasteiger partial charge >= 0.3 is 0 Å². The third kappa shape index (κ3) is 5.55. The first-order chi connectivity index (χ1) is 12.4. The Morgan fingerprint density at radius 1 is 1.00 bits per heavy atom. The van der Waals surface area contributed by atoms with Crippen LogP contribution in [0, 0.1) is 6.92 Å². The zero-order valence-electron chi connectivity index (χ0n) is 15.4. The molecule has 26 heavy (non-hydrogen) atoms. The van der Waals surface area contributed by atoms with E-state index in [1.807, 2.05) is 31.2 Å². The summed E-state index contributed by atoms with van der Waals surface area (Å²) in [5.74, 6) is -0.282. The predicted molar refractivity (Wildman–Crippen MR) is 102 cm³/mol. The number of benzene rings is 2. The quantitative estimate of drug-likeness (QED) is 0.779. The summed E-state index contributed by atoms with van der Waals surface area (Å²) in [6.07, 6.45) is 0.306. The van der Waals surface area contributed by atoms with Crippen molar-refractivity contribution >= 4 is 23.3 Å². The minimum absolute atomic E-state index is 0.0539. The van der Waals surface area contributed by atoms with E-state index in [-0.39, 0.29) is 17.6 Å². The monoisotopic (exact) mass is 352 g/mol. The number of rotatable bonds is 7. The van der Waals surface area contributed by atoms with E-state index < -0.39 is 0 Å². The highest BCUT2D eigenvalue weighted by Gasteiger charge is 2.13. The Bertz CT molecular complexity index is 797. The summed E-state index contributed by atoms with van der Waals surface area (Å²) in [6, 6.07) is 14.8. The second kappa shape index (κ2) is 8.94. The van der Waals surface area contributed by atoms with Gasteiger partial charge in [0, 0.05) is 31.3 Å². The van der Waals surface area contributed by atoms with Crippen molar-refractivity contribution in [3.63, 3.8) is 0 Å². The fraction of sp³-hybridized carbons (Fsp3) is 0.286. The van der Waals surface area contributed by atoms with Gasteiger partial charge in [0.05, 0.1) is 6.42 Å². The molecule has 0 spiro atoms. The van der Waals surface area contributed by atoms with Crippen molar-refractivity contribution in [1.82, 2.24) is 5.32 Å². The van der Waals surface area contributed by atoms with Crippen LogP contribution < -0.4 is 10.2 Å². The second-order valence-corrected chi connectivity index (χ2v) is 6.29. The third-order valence-corrected chi connectivity index (χ3v) is 4.09. The average Bonchev–Trinajstić information content (AvgIpc) is 2.60. The molecule has 0 aliphatic carbocycles. The summed E-state index contributed by atoms with van der Waals surface area (Å²) in [6.45, 7) is 5.64. The summed E-state index contributed by atoms with van der Waals surface area (Å²) in [4.78, 5) is 37.1. The molecule has 0 atom stereocenters. The Morgan fingerprint density at radius 2 is 1.69 bits per heavy atom. The first-order valence-electron chi connectivity index (χ1n) is 8.58. The molecule has 5 nitrogen and oxygen atoms in total. The fourth-order valence-electron chi connectivity index (χ4n) is 2.62. The van der Waals surface area contributed by atoms with Crippen LogP contribution in [0.15, 0.2) is 48.5 Å². The molecule has 0 aromatic heterocycles. The molecule has 5 heteroatoms.